The van der Waals surface area contributed by atoms with Crippen LogP contribution < -0.4 is 0 Å². The van der Waals surface area contributed by atoms with E-state index in [4.69, 9.17) is 9.52 Å². The van der Waals surface area contributed by atoms with E-state index in [1.165, 1.54) is 0 Å². The lowest BCUT2D eigenvalue weighted by Crippen LogP contribution is -2.21. The number of hydrogen-bond donors (Lipinski definition) is 1. The molecule has 0 fully saturated rings. The van der Waals surface area contributed by atoms with Crippen molar-refractivity contribution in [1.29, 1.82) is 0 Å². The van der Waals surface area contributed by atoms with Crippen LogP contribution in [-0.4, -0.2) is 16.1 Å². The smallest absolute Gasteiger partial charge is 0.306 e. The first kappa shape index (κ1) is 10.5. The van der Waals surface area contributed by atoms with E-state index < -0.39 is 5.97 Å². The fraction of sp³-hybridized carbons (Fsp3) is 0.333. The van der Waals surface area contributed by atoms with E-state index in [0.717, 1.165) is 16.3 Å². The molecule has 1 unspecified atom stereocenters. The Hall–Kier alpha value is -1.62. The van der Waals surface area contributed by atoms with Crippen LogP contribution in [0.1, 0.15) is 17.9 Å². The summed E-state index contributed by atoms with van der Waals surface area (Å²) >= 11 is 1.57. The van der Waals surface area contributed by atoms with Gasteiger partial charge in [0.15, 0.2) is 0 Å². The van der Waals surface area contributed by atoms with E-state index in [-0.39, 0.29) is 5.92 Å². The molecule has 0 amide bonds. The van der Waals surface area contributed by atoms with Gasteiger partial charge in [0.25, 0.3) is 0 Å². The van der Waals surface area contributed by atoms with Crippen molar-refractivity contribution in [2.45, 2.75) is 19.3 Å². The molecule has 0 aromatic carbocycles. The van der Waals surface area contributed by atoms with Crippen LogP contribution in [0, 0.1) is 5.92 Å². The number of aliphatic carboxylic acids is 1. The van der Waals surface area contributed by atoms with E-state index in [1.807, 2.05) is 17.5 Å². The summed E-state index contributed by atoms with van der Waals surface area (Å²) in [4.78, 5) is 16.3. The van der Waals surface area contributed by atoms with Crippen molar-refractivity contribution in [1.82, 2.24) is 4.98 Å². The molecule has 2 aromatic rings. The predicted molar refractivity (Wildman–Crippen MR) is 63.0 cm³/mol. The highest BCUT2D eigenvalue weighted by Gasteiger charge is 2.28. The maximum absolute atomic E-state index is 10.9. The van der Waals surface area contributed by atoms with Gasteiger partial charge in [0.1, 0.15) is 5.76 Å². The van der Waals surface area contributed by atoms with Gasteiger partial charge in [-0.3, -0.25) is 4.79 Å². The molecule has 0 aliphatic heterocycles. The number of rotatable bonds is 2. The standard InChI is InChI=1S/C12H11NO3S/c14-12(15)7-3-4-9-8(6-7)13-11(16-9)10-2-1-5-17-10/h1-2,5,7H,3-4,6H2,(H,14,15). The summed E-state index contributed by atoms with van der Waals surface area (Å²) in [5, 5.41) is 11.0. The van der Waals surface area contributed by atoms with Crippen molar-refractivity contribution in [2.75, 3.05) is 0 Å². The van der Waals surface area contributed by atoms with Gasteiger partial charge >= 0.3 is 5.97 Å². The lowest BCUT2D eigenvalue weighted by molar-refractivity contribution is -0.142. The Balaban J connectivity index is 1.92. The summed E-state index contributed by atoms with van der Waals surface area (Å²) < 4.78 is 5.68. The SMILES string of the molecule is O=C(O)C1CCc2oc(-c3cccs3)nc2C1. The van der Waals surface area contributed by atoms with Crippen LogP contribution in [0.3, 0.4) is 0 Å². The highest BCUT2D eigenvalue weighted by atomic mass is 32.1. The summed E-state index contributed by atoms with van der Waals surface area (Å²) in [5.41, 5.74) is 0.812. The summed E-state index contributed by atoms with van der Waals surface area (Å²) in [6.45, 7) is 0. The van der Waals surface area contributed by atoms with Crippen LogP contribution in [0.15, 0.2) is 21.9 Å². The minimum Gasteiger partial charge on any atom is -0.481 e. The maximum atomic E-state index is 10.9. The molecule has 3 rings (SSSR count). The van der Waals surface area contributed by atoms with E-state index in [1.54, 1.807) is 11.3 Å². The van der Waals surface area contributed by atoms with Crippen molar-refractivity contribution < 1.29 is 14.3 Å². The van der Waals surface area contributed by atoms with E-state index in [0.29, 0.717) is 25.2 Å². The Kier molecular flexibility index (Phi) is 2.48. The fourth-order valence-corrected chi connectivity index (χ4v) is 2.74. The van der Waals surface area contributed by atoms with Crippen LogP contribution in [-0.2, 0) is 17.6 Å². The molecule has 2 heterocycles. The summed E-state index contributed by atoms with van der Waals surface area (Å²) in [6.07, 6.45) is 1.80. The minimum atomic E-state index is -0.740. The molecule has 0 radical (unpaired) electrons. The van der Waals surface area contributed by atoms with Gasteiger partial charge in [0, 0.05) is 12.8 Å². The molecule has 2 aromatic heterocycles. The van der Waals surface area contributed by atoms with Crippen molar-refractivity contribution in [2.24, 2.45) is 5.92 Å². The number of carboxylic acids is 1. The number of carbonyl (C=O) groups is 1. The number of hydrogen-bond acceptors (Lipinski definition) is 4. The van der Waals surface area contributed by atoms with Gasteiger partial charge in [-0.2, -0.15) is 0 Å². The third-order valence-corrected chi connectivity index (χ3v) is 3.88. The molecule has 17 heavy (non-hydrogen) atoms. The van der Waals surface area contributed by atoms with Crippen LogP contribution in [0.25, 0.3) is 10.8 Å². The third kappa shape index (κ3) is 1.86. The average molecular weight is 249 g/mol. The van der Waals surface area contributed by atoms with Gasteiger partial charge in [-0.1, -0.05) is 6.07 Å². The van der Waals surface area contributed by atoms with Gasteiger partial charge in [0.2, 0.25) is 5.89 Å². The first-order chi connectivity index (χ1) is 8.24. The molecule has 1 atom stereocenters. The molecule has 1 aliphatic carbocycles. The van der Waals surface area contributed by atoms with Gasteiger partial charge < -0.3 is 9.52 Å². The second-order valence-electron chi connectivity index (χ2n) is 4.14. The first-order valence-corrected chi connectivity index (χ1v) is 6.37. The second kappa shape index (κ2) is 4.00. The number of aromatic nitrogens is 1. The Bertz CT molecular complexity index is 544. The lowest BCUT2D eigenvalue weighted by atomic mass is 9.90. The Morgan fingerprint density at radius 3 is 3.18 bits per heavy atom. The fourth-order valence-electron chi connectivity index (χ4n) is 2.10. The molecule has 0 saturated carbocycles. The monoisotopic (exact) mass is 249 g/mol. The second-order valence-corrected chi connectivity index (χ2v) is 5.09. The van der Waals surface area contributed by atoms with Crippen LogP contribution in [0.5, 0.6) is 0 Å². The molecular formula is C12H11NO3S. The normalized spacial score (nSPS) is 18.9. The van der Waals surface area contributed by atoms with E-state index in [9.17, 15) is 4.79 Å². The third-order valence-electron chi connectivity index (χ3n) is 3.02. The average Bonchev–Trinajstić information content (AvgIpc) is 2.96. The Morgan fingerprint density at radius 2 is 2.47 bits per heavy atom. The molecule has 0 bridgehead atoms. The van der Waals surface area contributed by atoms with Gasteiger partial charge in [0.05, 0.1) is 16.5 Å². The topological polar surface area (TPSA) is 63.3 Å². The number of aryl methyl sites for hydroxylation is 1. The van der Waals surface area contributed by atoms with Gasteiger partial charge in [-0.25, -0.2) is 4.98 Å². The molecule has 4 nitrogen and oxygen atoms in total. The minimum absolute atomic E-state index is 0.316. The maximum Gasteiger partial charge on any atom is 0.306 e. The summed E-state index contributed by atoms with van der Waals surface area (Å²) in [6, 6.07) is 3.90. The van der Waals surface area contributed by atoms with Crippen LogP contribution >= 0.6 is 11.3 Å². The summed E-state index contributed by atoms with van der Waals surface area (Å²) in [7, 11) is 0. The molecule has 1 aliphatic rings. The number of oxazole rings is 1. The number of nitrogens with zero attached hydrogens (tertiary/aromatic N) is 1. The van der Waals surface area contributed by atoms with Crippen molar-refractivity contribution in [3.05, 3.63) is 29.0 Å². The van der Waals surface area contributed by atoms with Crippen molar-refractivity contribution >= 4 is 17.3 Å². The zero-order chi connectivity index (χ0) is 11.8. The number of carboxylic acid groups (broad SMARTS) is 1. The van der Waals surface area contributed by atoms with Gasteiger partial charge in [-0.15, -0.1) is 11.3 Å². The largest absolute Gasteiger partial charge is 0.481 e. The molecular weight excluding hydrogens is 238 g/mol. The molecule has 5 heteroatoms. The van der Waals surface area contributed by atoms with E-state index >= 15 is 0 Å². The highest BCUT2D eigenvalue weighted by Crippen LogP contribution is 2.31. The number of thiophene rings is 1. The number of fused-ring (bicyclic) bond motifs is 1. The van der Waals surface area contributed by atoms with Crippen LogP contribution in [0.2, 0.25) is 0 Å². The quantitative estimate of drug-likeness (QED) is 0.888. The lowest BCUT2D eigenvalue weighted by Gasteiger charge is -2.15. The molecule has 0 saturated heterocycles. The summed E-state index contributed by atoms with van der Waals surface area (Å²) in [5.74, 6) is 0.419. The highest BCUT2D eigenvalue weighted by molar-refractivity contribution is 7.13. The predicted octanol–water partition coefficient (Wildman–Crippen LogP) is 2.59. The molecule has 88 valence electrons. The first-order valence-electron chi connectivity index (χ1n) is 5.49. The zero-order valence-corrected chi connectivity index (χ0v) is 9.87. The Labute approximate surface area is 102 Å². The molecule has 0 spiro atoms. The van der Waals surface area contributed by atoms with E-state index in [2.05, 4.69) is 4.98 Å². The zero-order valence-electron chi connectivity index (χ0n) is 9.05. The molecule has 1 N–H and O–H groups in total. The van der Waals surface area contributed by atoms with Gasteiger partial charge in [-0.05, 0) is 17.9 Å². The Morgan fingerprint density at radius 1 is 1.59 bits per heavy atom. The van der Waals surface area contributed by atoms with Crippen LogP contribution in [0.4, 0.5) is 0 Å². The van der Waals surface area contributed by atoms with Crippen molar-refractivity contribution in [3.8, 4) is 10.8 Å². The van der Waals surface area contributed by atoms with Crippen molar-refractivity contribution in [3.63, 3.8) is 0 Å².